The number of alkyl halides is 3. The van der Waals surface area contributed by atoms with Crippen LogP contribution in [0.4, 0.5) is 19.1 Å². The van der Waals surface area contributed by atoms with E-state index in [0.29, 0.717) is 21.6 Å². The van der Waals surface area contributed by atoms with E-state index >= 15 is 0 Å². The lowest BCUT2D eigenvalue weighted by molar-refractivity contribution is -0.171. The zero-order valence-corrected chi connectivity index (χ0v) is 15.3. The Bertz CT molecular complexity index is 901. The van der Waals surface area contributed by atoms with Crippen LogP contribution in [-0.4, -0.2) is 36.5 Å². The topological polar surface area (TPSA) is 56.6 Å². The van der Waals surface area contributed by atoms with Crippen LogP contribution in [0.1, 0.15) is 18.0 Å². The molecule has 1 aliphatic rings. The minimum atomic E-state index is -4.56. The van der Waals surface area contributed by atoms with Gasteiger partial charge in [0.1, 0.15) is 22.7 Å². The van der Waals surface area contributed by atoms with Gasteiger partial charge in [0, 0.05) is 30.8 Å². The molecule has 10 heteroatoms. The second kappa shape index (κ2) is 7.30. The summed E-state index contributed by atoms with van der Waals surface area (Å²) >= 11 is 5.84. The molecule has 0 saturated heterocycles. The third-order valence-electron chi connectivity index (χ3n) is 4.40. The molecule has 3 rings (SSSR count). The average Bonchev–Trinajstić information content (AvgIpc) is 2.61. The molecule has 0 amide bonds. The maximum atomic E-state index is 13.4. The first kappa shape index (κ1) is 19.3. The standard InChI is InChI=1S/C17H17ClF3N3O3/c1-26-11-4-3-10(12(7-11)27-2)9-23-6-5-13(17(19,20)21)24-15(25)8-14(18)22-16(23)24/h3-4,7-8,13H,5-6,9H2,1-2H3. The number of anilines is 1. The van der Waals surface area contributed by atoms with Gasteiger partial charge in [0.05, 0.1) is 14.2 Å². The number of nitrogens with zero attached hydrogens (tertiary/aromatic N) is 3. The van der Waals surface area contributed by atoms with E-state index in [0.717, 1.165) is 6.07 Å². The highest BCUT2D eigenvalue weighted by Crippen LogP contribution is 2.39. The second-order valence-electron chi connectivity index (χ2n) is 6.03. The maximum absolute atomic E-state index is 13.4. The van der Waals surface area contributed by atoms with Gasteiger partial charge in [-0.15, -0.1) is 0 Å². The fraction of sp³-hybridized carbons (Fsp3) is 0.412. The molecular formula is C17H17ClF3N3O3. The van der Waals surface area contributed by atoms with Gasteiger partial charge in [0.15, 0.2) is 0 Å². The molecule has 1 atom stereocenters. The Hall–Kier alpha value is -2.42. The summed E-state index contributed by atoms with van der Waals surface area (Å²) in [6.07, 6.45) is -4.82. The van der Waals surface area contributed by atoms with Gasteiger partial charge in [-0.3, -0.25) is 9.36 Å². The summed E-state index contributed by atoms with van der Waals surface area (Å²) in [4.78, 5) is 17.8. The first-order chi connectivity index (χ1) is 12.7. The Kier molecular flexibility index (Phi) is 5.23. The summed E-state index contributed by atoms with van der Waals surface area (Å²) in [7, 11) is 3.01. The van der Waals surface area contributed by atoms with Crippen molar-refractivity contribution in [2.45, 2.75) is 25.2 Å². The Labute approximate surface area is 158 Å². The number of methoxy groups -OCH3 is 2. The molecule has 1 aromatic heterocycles. The van der Waals surface area contributed by atoms with Crippen molar-refractivity contribution in [3.8, 4) is 11.5 Å². The molecule has 0 N–H and O–H groups in total. The minimum absolute atomic E-state index is 0.0616. The summed E-state index contributed by atoms with van der Waals surface area (Å²) in [5, 5.41) is -0.152. The second-order valence-corrected chi connectivity index (χ2v) is 6.42. The Morgan fingerprint density at radius 2 is 2.00 bits per heavy atom. The van der Waals surface area contributed by atoms with Gasteiger partial charge in [-0.1, -0.05) is 11.6 Å². The van der Waals surface area contributed by atoms with Crippen LogP contribution in [0.25, 0.3) is 0 Å². The lowest BCUT2D eigenvalue weighted by atomic mass is 10.1. The molecule has 0 radical (unpaired) electrons. The molecule has 146 valence electrons. The van der Waals surface area contributed by atoms with Crippen molar-refractivity contribution in [3.05, 3.63) is 45.3 Å². The summed E-state index contributed by atoms with van der Waals surface area (Å²) < 4.78 is 51.3. The van der Waals surface area contributed by atoms with E-state index in [1.165, 1.54) is 14.2 Å². The SMILES string of the molecule is COc1ccc(CN2CCC(C(F)(F)F)n3c2nc(Cl)cc3=O)c(OC)c1. The number of aromatic nitrogens is 2. The van der Waals surface area contributed by atoms with E-state index in [1.807, 2.05) is 0 Å². The molecule has 0 bridgehead atoms. The summed E-state index contributed by atoms with van der Waals surface area (Å²) in [5.74, 6) is 0.992. The third-order valence-corrected chi connectivity index (χ3v) is 4.60. The number of rotatable bonds is 4. The van der Waals surface area contributed by atoms with E-state index in [2.05, 4.69) is 4.98 Å². The number of hydrogen-bond acceptors (Lipinski definition) is 5. The summed E-state index contributed by atoms with van der Waals surface area (Å²) in [6, 6.07) is 4.11. The number of benzene rings is 1. The van der Waals surface area contributed by atoms with Gasteiger partial charge in [0.2, 0.25) is 5.95 Å². The summed E-state index contributed by atoms with van der Waals surface area (Å²) in [5.41, 5.74) is -0.122. The predicted molar refractivity (Wildman–Crippen MR) is 93.8 cm³/mol. The quantitative estimate of drug-likeness (QED) is 0.732. The molecule has 27 heavy (non-hydrogen) atoms. The van der Waals surface area contributed by atoms with Gasteiger partial charge < -0.3 is 14.4 Å². The molecule has 6 nitrogen and oxygen atoms in total. The zero-order valence-electron chi connectivity index (χ0n) is 14.6. The molecule has 0 aliphatic carbocycles. The van der Waals surface area contributed by atoms with Crippen LogP contribution in [0.5, 0.6) is 11.5 Å². The van der Waals surface area contributed by atoms with Crippen molar-refractivity contribution in [1.29, 1.82) is 0 Å². The van der Waals surface area contributed by atoms with E-state index in [-0.39, 0.29) is 30.6 Å². The smallest absolute Gasteiger partial charge is 0.409 e. The highest BCUT2D eigenvalue weighted by Gasteiger charge is 2.45. The minimum Gasteiger partial charge on any atom is -0.497 e. The van der Waals surface area contributed by atoms with Gasteiger partial charge >= 0.3 is 6.18 Å². The first-order valence-corrected chi connectivity index (χ1v) is 8.44. The largest absolute Gasteiger partial charge is 0.497 e. The molecular weight excluding hydrogens is 387 g/mol. The Morgan fingerprint density at radius 3 is 2.63 bits per heavy atom. The molecule has 2 heterocycles. The van der Waals surface area contributed by atoms with E-state index < -0.39 is 17.8 Å². The van der Waals surface area contributed by atoms with E-state index in [4.69, 9.17) is 21.1 Å². The highest BCUT2D eigenvalue weighted by atomic mass is 35.5. The van der Waals surface area contributed by atoms with E-state index in [9.17, 15) is 18.0 Å². The third kappa shape index (κ3) is 3.83. The normalized spacial score (nSPS) is 16.8. The van der Waals surface area contributed by atoms with Crippen LogP contribution in [0.15, 0.2) is 29.1 Å². The fourth-order valence-corrected chi connectivity index (χ4v) is 3.29. The van der Waals surface area contributed by atoms with E-state index in [1.54, 1.807) is 23.1 Å². The number of ether oxygens (including phenoxy) is 2. The van der Waals surface area contributed by atoms with Crippen molar-refractivity contribution in [1.82, 2.24) is 9.55 Å². The lowest BCUT2D eigenvalue weighted by Crippen LogP contribution is -2.45. The average molecular weight is 404 g/mol. The highest BCUT2D eigenvalue weighted by molar-refractivity contribution is 6.29. The number of halogens is 4. The van der Waals surface area contributed by atoms with Gasteiger partial charge in [-0.2, -0.15) is 13.2 Å². The van der Waals surface area contributed by atoms with Crippen LogP contribution >= 0.6 is 11.6 Å². The van der Waals surface area contributed by atoms with Crippen molar-refractivity contribution in [2.75, 3.05) is 25.7 Å². The maximum Gasteiger partial charge on any atom is 0.409 e. The lowest BCUT2D eigenvalue weighted by Gasteiger charge is -2.36. The Balaban J connectivity index is 2.03. The molecule has 2 aromatic rings. The molecule has 1 aliphatic heterocycles. The number of hydrogen-bond donors (Lipinski definition) is 0. The summed E-state index contributed by atoms with van der Waals surface area (Å²) in [6.45, 7) is 0.261. The molecule has 0 spiro atoms. The monoisotopic (exact) mass is 403 g/mol. The predicted octanol–water partition coefficient (Wildman–Crippen LogP) is 3.43. The number of fused-ring (bicyclic) bond motifs is 1. The van der Waals surface area contributed by atoms with Gasteiger partial charge in [-0.05, 0) is 18.6 Å². The van der Waals surface area contributed by atoms with Crippen LogP contribution < -0.4 is 19.9 Å². The van der Waals surface area contributed by atoms with Gasteiger partial charge in [-0.25, -0.2) is 4.98 Å². The fourth-order valence-electron chi connectivity index (χ4n) is 3.12. The molecule has 0 saturated carbocycles. The van der Waals surface area contributed by atoms with Gasteiger partial charge in [0.25, 0.3) is 5.56 Å². The van der Waals surface area contributed by atoms with Crippen molar-refractivity contribution in [2.24, 2.45) is 0 Å². The molecule has 1 unspecified atom stereocenters. The molecule has 0 fully saturated rings. The van der Waals surface area contributed by atoms with Crippen LogP contribution in [0.3, 0.4) is 0 Å². The molecule has 1 aromatic carbocycles. The Morgan fingerprint density at radius 1 is 1.26 bits per heavy atom. The van der Waals surface area contributed by atoms with Crippen LogP contribution in [-0.2, 0) is 6.54 Å². The van der Waals surface area contributed by atoms with Crippen LogP contribution in [0, 0.1) is 0 Å². The first-order valence-electron chi connectivity index (χ1n) is 8.06. The van der Waals surface area contributed by atoms with Crippen LogP contribution in [0.2, 0.25) is 5.15 Å². The van der Waals surface area contributed by atoms with Crippen molar-refractivity contribution < 1.29 is 22.6 Å². The van der Waals surface area contributed by atoms with Crippen molar-refractivity contribution >= 4 is 17.5 Å². The van der Waals surface area contributed by atoms with Crippen molar-refractivity contribution in [3.63, 3.8) is 0 Å². The zero-order chi connectivity index (χ0) is 19.8.